The van der Waals surface area contributed by atoms with Crippen LogP contribution in [0.2, 0.25) is 0 Å². The molecule has 2 heteroatoms. The van der Waals surface area contributed by atoms with E-state index in [1.807, 2.05) is 13.8 Å². The van der Waals surface area contributed by atoms with Crippen molar-refractivity contribution >= 4 is 5.91 Å². The summed E-state index contributed by atoms with van der Waals surface area (Å²) >= 11 is 0. The summed E-state index contributed by atoms with van der Waals surface area (Å²) in [6, 6.07) is 8.74. The van der Waals surface area contributed by atoms with Gasteiger partial charge in [-0.05, 0) is 36.8 Å². The van der Waals surface area contributed by atoms with E-state index in [0.29, 0.717) is 0 Å². The van der Waals surface area contributed by atoms with Crippen molar-refractivity contribution in [3.05, 3.63) is 35.4 Å². The maximum atomic E-state index is 10.2. The first-order valence-electron chi connectivity index (χ1n) is 6.01. The third kappa shape index (κ3) is 3.69. The van der Waals surface area contributed by atoms with E-state index in [9.17, 15) is 4.79 Å². The predicted octanol–water partition coefficient (Wildman–Crippen LogP) is 2.69. The average molecular weight is 219 g/mol. The molecule has 1 aliphatic carbocycles. The Hall–Kier alpha value is -1.31. The van der Waals surface area contributed by atoms with E-state index < -0.39 is 0 Å². The Labute approximate surface area is 97.9 Å². The highest BCUT2D eigenvalue weighted by molar-refractivity contribution is 5.76. The van der Waals surface area contributed by atoms with Crippen LogP contribution in [0, 0.1) is 5.92 Å². The van der Waals surface area contributed by atoms with E-state index in [1.165, 1.54) is 19.3 Å². The molecular weight excluding hydrogens is 198 g/mol. The molecule has 0 aliphatic heterocycles. The van der Waals surface area contributed by atoms with Crippen LogP contribution in [0.5, 0.6) is 0 Å². The van der Waals surface area contributed by atoms with E-state index in [4.69, 9.17) is 5.73 Å². The van der Waals surface area contributed by atoms with Crippen molar-refractivity contribution < 1.29 is 4.79 Å². The minimum absolute atomic E-state index is 0.0417. The number of hydrogen-bond donors (Lipinski definition) is 1. The van der Waals surface area contributed by atoms with Gasteiger partial charge in [-0.15, -0.1) is 0 Å². The molecule has 0 aromatic heterocycles. The van der Waals surface area contributed by atoms with Gasteiger partial charge in [0.2, 0.25) is 5.91 Å². The normalized spacial score (nSPS) is 14.6. The molecule has 1 amide bonds. The van der Waals surface area contributed by atoms with Crippen molar-refractivity contribution in [3.63, 3.8) is 0 Å². The van der Waals surface area contributed by atoms with Crippen molar-refractivity contribution in [1.82, 2.24) is 0 Å². The third-order valence-electron chi connectivity index (χ3n) is 3.11. The highest BCUT2D eigenvalue weighted by atomic mass is 16.1. The quantitative estimate of drug-likeness (QED) is 0.816. The number of primary amides is 1. The zero-order valence-electron chi connectivity index (χ0n) is 10.2. The van der Waals surface area contributed by atoms with Gasteiger partial charge in [0.25, 0.3) is 0 Å². The highest BCUT2D eigenvalue weighted by Gasteiger charge is 2.07. The Morgan fingerprint density at radius 2 is 1.81 bits per heavy atom. The third-order valence-corrected chi connectivity index (χ3v) is 3.11. The van der Waals surface area contributed by atoms with Crippen molar-refractivity contribution in [3.8, 4) is 0 Å². The van der Waals surface area contributed by atoms with Crippen LogP contribution in [0.25, 0.3) is 0 Å². The topological polar surface area (TPSA) is 43.1 Å². The number of fused-ring (bicyclic) bond motifs is 1. The van der Waals surface area contributed by atoms with Crippen LogP contribution in [0.15, 0.2) is 24.3 Å². The van der Waals surface area contributed by atoms with E-state index in [0.717, 1.165) is 6.42 Å². The maximum absolute atomic E-state index is 10.2. The fraction of sp³-hybridized carbons (Fsp3) is 0.500. The van der Waals surface area contributed by atoms with Gasteiger partial charge in [-0.1, -0.05) is 38.1 Å². The molecule has 0 heterocycles. The summed E-state index contributed by atoms with van der Waals surface area (Å²) in [7, 11) is 0. The van der Waals surface area contributed by atoms with E-state index in [2.05, 4.69) is 24.3 Å². The summed E-state index contributed by atoms with van der Waals surface area (Å²) in [6.45, 7) is 3.76. The number of nitrogens with two attached hydrogens (primary N) is 1. The van der Waals surface area contributed by atoms with Gasteiger partial charge in [0.1, 0.15) is 0 Å². The van der Waals surface area contributed by atoms with Crippen LogP contribution in [-0.2, 0) is 17.6 Å². The summed E-state index contributed by atoms with van der Waals surface area (Å²) < 4.78 is 0. The molecule has 1 atom stereocenters. The fourth-order valence-electron chi connectivity index (χ4n) is 1.72. The Bertz CT molecular complexity index is 323. The van der Waals surface area contributed by atoms with Gasteiger partial charge in [-0.3, -0.25) is 4.79 Å². The van der Waals surface area contributed by atoms with Gasteiger partial charge in [0.05, 0.1) is 0 Å². The molecule has 2 nitrogen and oxygen atoms in total. The second kappa shape index (κ2) is 6.31. The Morgan fingerprint density at radius 1 is 1.31 bits per heavy atom. The molecule has 0 saturated heterocycles. The molecule has 1 aromatic carbocycles. The number of amides is 1. The number of carbonyl (C=O) groups excluding carboxylic acids is 1. The molecule has 1 aliphatic rings. The van der Waals surface area contributed by atoms with Crippen LogP contribution < -0.4 is 5.73 Å². The van der Waals surface area contributed by atoms with E-state index in [1.54, 1.807) is 11.1 Å². The molecular formula is C14H21NO. The van der Waals surface area contributed by atoms with Crippen molar-refractivity contribution in [2.75, 3.05) is 0 Å². The minimum atomic E-state index is -0.206. The first kappa shape index (κ1) is 12.8. The number of hydrogen-bond acceptors (Lipinski definition) is 1. The number of aryl methyl sites for hydroxylation is 2. The molecule has 0 bridgehead atoms. The van der Waals surface area contributed by atoms with Crippen molar-refractivity contribution in [2.24, 2.45) is 11.7 Å². The van der Waals surface area contributed by atoms with Gasteiger partial charge < -0.3 is 5.73 Å². The molecule has 1 aromatic rings. The summed E-state index contributed by atoms with van der Waals surface area (Å²) in [5.41, 5.74) is 8.04. The second-order valence-corrected chi connectivity index (χ2v) is 4.33. The van der Waals surface area contributed by atoms with Crippen LogP contribution in [0.4, 0.5) is 0 Å². The number of rotatable bonds is 2. The molecule has 88 valence electrons. The lowest BCUT2D eigenvalue weighted by atomic mass is 10.1. The number of benzene rings is 1. The standard InChI is InChI=1S/C9H10.C5H11NO/c1-2-5-9-7-3-6-8(9)4-1;1-3-4(2)5(6)7/h1-2,4-5H,3,6-7H2;4H,3H2,1-2H3,(H2,6,7). The van der Waals surface area contributed by atoms with Gasteiger partial charge in [0.15, 0.2) is 0 Å². The largest absolute Gasteiger partial charge is 0.369 e. The summed E-state index contributed by atoms with van der Waals surface area (Å²) in [5.74, 6) is -0.164. The maximum Gasteiger partial charge on any atom is 0.220 e. The average Bonchev–Trinajstić information content (AvgIpc) is 2.76. The summed E-state index contributed by atoms with van der Waals surface area (Å²) in [4.78, 5) is 10.2. The lowest BCUT2D eigenvalue weighted by molar-refractivity contribution is -0.121. The second-order valence-electron chi connectivity index (χ2n) is 4.33. The highest BCUT2D eigenvalue weighted by Crippen LogP contribution is 2.20. The zero-order chi connectivity index (χ0) is 12.0. The van der Waals surface area contributed by atoms with Crippen LogP contribution in [0.1, 0.15) is 37.8 Å². The van der Waals surface area contributed by atoms with Crippen molar-refractivity contribution in [2.45, 2.75) is 39.5 Å². The van der Waals surface area contributed by atoms with Crippen LogP contribution in [0.3, 0.4) is 0 Å². The lowest BCUT2D eigenvalue weighted by Crippen LogP contribution is -2.19. The van der Waals surface area contributed by atoms with Gasteiger partial charge in [-0.25, -0.2) is 0 Å². The molecule has 0 radical (unpaired) electrons. The SMILES string of the molecule is CCC(C)C(N)=O.c1ccc2c(c1)CCC2. The smallest absolute Gasteiger partial charge is 0.220 e. The van der Waals surface area contributed by atoms with Gasteiger partial charge in [-0.2, -0.15) is 0 Å². The monoisotopic (exact) mass is 219 g/mol. The Balaban J connectivity index is 0.000000168. The zero-order valence-corrected chi connectivity index (χ0v) is 10.2. The molecule has 0 saturated carbocycles. The predicted molar refractivity (Wildman–Crippen MR) is 67.1 cm³/mol. The molecule has 16 heavy (non-hydrogen) atoms. The van der Waals surface area contributed by atoms with Crippen LogP contribution >= 0.6 is 0 Å². The van der Waals surface area contributed by atoms with E-state index >= 15 is 0 Å². The lowest BCUT2D eigenvalue weighted by Gasteiger charge is -1.98. The van der Waals surface area contributed by atoms with Gasteiger partial charge in [0, 0.05) is 5.92 Å². The Morgan fingerprint density at radius 3 is 2.12 bits per heavy atom. The molecule has 0 fully saturated rings. The Kier molecular flexibility index (Phi) is 5.03. The summed E-state index contributed by atoms with van der Waals surface area (Å²) in [5, 5.41) is 0. The fourth-order valence-corrected chi connectivity index (χ4v) is 1.72. The van der Waals surface area contributed by atoms with Gasteiger partial charge >= 0.3 is 0 Å². The molecule has 1 unspecified atom stereocenters. The molecule has 2 N–H and O–H groups in total. The first-order chi connectivity index (χ1) is 7.65. The van der Waals surface area contributed by atoms with E-state index in [-0.39, 0.29) is 11.8 Å². The van der Waals surface area contributed by atoms with Crippen LogP contribution in [-0.4, -0.2) is 5.91 Å². The van der Waals surface area contributed by atoms with Crippen molar-refractivity contribution in [1.29, 1.82) is 0 Å². The minimum Gasteiger partial charge on any atom is -0.369 e. The summed E-state index contributed by atoms with van der Waals surface area (Å²) in [6.07, 6.45) is 4.81. The molecule has 2 rings (SSSR count). The first-order valence-corrected chi connectivity index (χ1v) is 6.01. The molecule has 0 spiro atoms. The number of carbonyl (C=O) groups is 1.